The van der Waals surface area contributed by atoms with Crippen molar-refractivity contribution in [2.45, 2.75) is 13.0 Å². The molecule has 0 saturated carbocycles. The first-order valence-corrected chi connectivity index (χ1v) is 8.49. The van der Waals surface area contributed by atoms with Gasteiger partial charge in [-0.3, -0.25) is 9.69 Å². The molecular formula is C20H22N2O2. The van der Waals surface area contributed by atoms with Crippen LogP contribution in [0.4, 0.5) is 5.69 Å². The lowest BCUT2D eigenvalue weighted by Gasteiger charge is -2.38. The molecule has 2 aliphatic heterocycles. The van der Waals surface area contributed by atoms with Gasteiger partial charge in [0.1, 0.15) is 5.75 Å². The van der Waals surface area contributed by atoms with Crippen LogP contribution in [0.25, 0.3) is 0 Å². The Balaban J connectivity index is 1.34. The van der Waals surface area contributed by atoms with E-state index in [4.69, 9.17) is 4.74 Å². The van der Waals surface area contributed by atoms with Crippen LogP contribution in [-0.2, 0) is 13.0 Å². The molecule has 0 bridgehead atoms. The normalized spacial score (nSPS) is 17.0. The number of hydrogen-bond donors (Lipinski definition) is 1. The number of rotatable bonds is 5. The van der Waals surface area contributed by atoms with Crippen molar-refractivity contribution < 1.29 is 9.53 Å². The highest BCUT2D eigenvalue weighted by atomic mass is 16.5. The highest BCUT2D eigenvalue weighted by Crippen LogP contribution is 2.27. The van der Waals surface area contributed by atoms with Crippen molar-refractivity contribution in [1.29, 1.82) is 0 Å². The Morgan fingerprint density at radius 1 is 1.21 bits per heavy atom. The zero-order valence-corrected chi connectivity index (χ0v) is 13.9. The second kappa shape index (κ2) is 6.29. The molecule has 2 aromatic carbocycles. The van der Waals surface area contributed by atoms with Crippen LogP contribution >= 0.6 is 0 Å². The SMILES string of the molecule is COc1ccc(CN2CC(C(=O)c3ccc4c(c3)CCN4)C2)cc1. The minimum absolute atomic E-state index is 0.135. The number of nitrogens with one attached hydrogen (secondary N) is 1. The Labute approximate surface area is 142 Å². The van der Waals surface area contributed by atoms with Gasteiger partial charge in [0, 0.05) is 43.3 Å². The molecule has 1 saturated heterocycles. The van der Waals surface area contributed by atoms with Crippen LogP contribution in [0.2, 0.25) is 0 Å². The molecule has 0 unspecified atom stereocenters. The number of anilines is 1. The predicted octanol–water partition coefficient (Wildman–Crippen LogP) is 2.98. The summed E-state index contributed by atoms with van der Waals surface area (Å²) < 4.78 is 5.18. The fourth-order valence-corrected chi connectivity index (χ4v) is 3.55. The van der Waals surface area contributed by atoms with Crippen LogP contribution in [-0.4, -0.2) is 37.4 Å². The lowest BCUT2D eigenvalue weighted by molar-refractivity contribution is 0.0595. The molecule has 1 fully saturated rings. The Morgan fingerprint density at radius 3 is 2.75 bits per heavy atom. The summed E-state index contributed by atoms with van der Waals surface area (Å²) in [5.74, 6) is 1.30. The van der Waals surface area contributed by atoms with E-state index in [2.05, 4.69) is 28.4 Å². The second-order valence-corrected chi connectivity index (χ2v) is 6.65. The molecule has 0 aromatic heterocycles. The Bertz CT molecular complexity index is 749. The fourth-order valence-electron chi connectivity index (χ4n) is 3.55. The Morgan fingerprint density at radius 2 is 2.00 bits per heavy atom. The molecule has 2 heterocycles. The molecule has 0 spiro atoms. The lowest BCUT2D eigenvalue weighted by atomic mass is 9.89. The van der Waals surface area contributed by atoms with Gasteiger partial charge in [-0.2, -0.15) is 0 Å². The van der Waals surface area contributed by atoms with Gasteiger partial charge >= 0.3 is 0 Å². The zero-order valence-electron chi connectivity index (χ0n) is 13.9. The minimum atomic E-state index is 0.135. The summed E-state index contributed by atoms with van der Waals surface area (Å²) in [6, 6.07) is 14.2. The number of fused-ring (bicyclic) bond motifs is 1. The van der Waals surface area contributed by atoms with Gasteiger partial charge < -0.3 is 10.1 Å². The monoisotopic (exact) mass is 322 g/mol. The van der Waals surface area contributed by atoms with E-state index in [1.165, 1.54) is 16.8 Å². The number of hydrogen-bond acceptors (Lipinski definition) is 4. The third-order valence-electron chi connectivity index (χ3n) is 4.99. The molecule has 2 aliphatic rings. The van der Waals surface area contributed by atoms with Gasteiger partial charge in [-0.25, -0.2) is 0 Å². The second-order valence-electron chi connectivity index (χ2n) is 6.65. The molecule has 4 rings (SSSR count). The van der Waals surface area contributed by atoms with Crippen molar-refractivity contribution in [1.82, 2.24) is 4.90 Å². The van der Waals surface area contributed by atoms with Crippen LogP contribution in [0.3, 0.4) is 0 Å². The van der Waals surface area contributed by atoms with Gasteiger partial charge in [0.25, 0.3) is 0 Å². The summed E-state index contributed by atoms with van der Waals surface area (Å²) >= 11 is 0. The predicted molar refractivity (Wildman–Crippen MR) is 94.7 cm³/mol. The average molecular weight is 322 g/mol. The summed E-state index contributed by atoms with van der Waals surface area (Å²) in [7, 11) is 1.68. The smallest absolute Gasteiger partial charge is 0.168 e. The van der Waals surface area contributed by atoms with Crippen molar-refractivity contribution >= 4 is 11.5 Å². The maximum atomic E-state index is 12.6. The highest BCUT2D eigenvalue weighted by Gasteiger charge is 2.33. The number of ketones is 1. The molecule has 0 atom stereocenters. The van der Waals surface area contributed by atoms with Crippen LogP contribution < -0.4 is 10.1 Å². The third kappa shape index (κ3) is 2.89. The van der Waals surface area contributed by atoms with E-state index in [1.54, 1.807) is 7.11 Å². The molecule has 1 N–H and O–H groups in total. The Hall–Kier alpha value is -2.33. The summed E-state index contributed by atoms with van der Waals surface area (Å²) in [6.45, 7) is 3.56. The molecule has 4 heteroatoms. The fraction of sp³-hybridized carbons (Fsp3) is 0.350. The summed E-state index contributed by atoms with van der Waals surface area (Å²) in [5, 5.41) is 3.34. The standard InChI is InChI=1S/C20H22N2O2/c1-24-18-5-2-14(3-6-18)11-22-12-17(13-22)20(23)16-4-7-19-15(10-16)8-9-21-19/h2-7,10,17,21H,8-9,11-13H2,1H3. The largest absolute Gasteiger partial charge is 0.497 e. The summed E-state index contributed by atoms with van der Waals surface area (Å²) in [4.78, 5) is 15.0. The number of ether oxygens (including phenoxy) is 1. The average Bonchev–Trinajstić information content (AvgIpc) is 3.05. The van der Waals surface area contributed by atoms with E-state index in [-0.39, 0.29) is 11.7 Å². The van der Waals surface area contributed by atoms with E-state index >= 15 is 0 Å². The lowest BCUT2D eigenvalue weighted by Crippen LogP contribution is -2.49. The van der Waals surface area contributed by atoms with E-state index in [9.17, 15) is 4.79 Å². The van der Waals surface area contributed by atoms with Gasteiger partial charge in [0.15, 0.2) is 5.78 Å². The molecule has 0 amide bonds. The number of nitrogens with zero attached hydrogens (tertiary/aromatic N) is 1. The molecule has 0 radical (unpaired) electrons. The molecule has 24 heavy (non-hydrogen) atoms. The van der Waals surface area contributed by atoms with E-state index in [1.807, 2.05) is 24.3 Å². The first-order chi connectivity index (χ1) is 11.7. The molecule has 4 nitrogen and oxygen atoms in total. The van der Waals surface area contributed by atoms with Gasteiger partial charge in [0.2, 0.25) is 0 Å². The number of methoxy groups -OCH3 is 1. The number of Topliss-reactive ketones (excluding diaryl/α,β-unsaturated/α-hetero) is 1. The van der Waals surface area contributed by atoms with E-state index < -0.39 is 0 Å². The summed E-state index contributed by atoms with van der Waals surface area (Å²) in [5.41, 5.74) is 4.58. The number of carbonyl (C=O) groups excluding carboxylic acids is 1. The number of likely N-dealkylation sites (tertiary alicyclic amines) is 1. The minimum Gasteiger partial charge on any atom is -0.497 e. The topological polar surface area (TPSA) is 41.6 Å². The molecule has 0 aliphatic carbocycles. The van der Waals surface area contributed by atoms with Crippen LogP contribution in [0.15, 0.2) is 42.5 Å². The summed E-state index contributed by atoms with van der Waals surface area (Å²) in [6.07, 6.45) is 1.02. The maximum absolute atomic E-state index is 12.6. The highest BCUT2D eigenvalue weighted by molar-refractivity contribution is 5.99. The van der Waals surface area contributed by atoms with Crippen LogP contribution in [0.5, 0.6) is 5.75 Å². The maximum Gasteiger partial charge on any atom is 0.168 e. The van der Waals surface area contributed by atoms with Gasteiger partial charge in [-0.1, -0.05) is 12.1 Å². The van der Waals surface area contributed by atoms with E-state index in [0.29, 0.717) is 0 Å². The van der Waals surface area contributed by atoms with Gasteiger partial charge in [-0.05, 0) is 47.9 Å². The van der Waals surface area contributed by atoms with Crippen molar-refractivity contribution in [2.24, 2.45) is 5.92 Å². The van der Waals surface area contributed by atoms with Crippen molar-refractivity contribution in [3.63, 3.8) is 0 Å². The Kier molecular flexibility index (Phi) is 3.98. The first-order valence-electron chi connectivity index (χ1n) is 8.49. The first kappa shape index (κ1) is 15.2. The molecular weight excluding hydrogens is 300 g/mol. The van der Waals surface area contributed by atoms with Crippen molar-refractivity contribution in [2.75, 3.05) is 32.1 Å². The van der Waals surface area contributed by atoms with Crippen molar-refractivity contribution in [3.05, 3.63) is 59.2 Å². The van der Waals surface area contributed by atoms with Crippen LogP contribution in [0, 0.1) is 5.92 Å². The molecule has 2 aromatic rings. The third-order valence-corrected chi connectivity index (χ3v) is 4.99. The van der Waals surface area contributed by atoms with Gasteiger partial charge in [0.05, 0.1) is 7.11 Å². The van der Waals surface area contributed by atoms with Crippen molar-refractivity contribution in [3.8, 4) is 5.75 Å². The quantitative estimate of drug-likeness (QED) is 0.859. The number of carbonyl (C=O) groups is 1. The molecule has 124 valence electrons. The zero-order chi connectivity index (χ0) is 16.5. The number of benzene rings is 2. The van der Waals surface area contributed by atoms with E-state index in [0.717, 1.165) is 43.9 Å². The van der Waals surface area contributed by atoms with Crippen LogP contribution in [0.1, 0.15) is 21.5 Å². The van der Waals surface area contributed by atoms with Gasteiger partial charge in [-0.15, -0.1) is 0 Å².